The first-order chi connectivity index (χ1) is 15.3. The molecule has 1 aromatic carbocycles. The lowest BCUT2D eigenvalue weighted by Crippen LogP contribution is -2.49. The molecule has 0 spiro atoms. The summed E-state index contributed by atoms with van der Waals surface area (Å²) in [6, 6.07) is 16.9. The van der Waals surface area contributed by atoms with E-state index in [1.54, 1.807) is 12.3 Å². The van der Waals surface area contributed by atoms with Gasteiger partial charge in [0.2, 0.25) is 0 Å². The van der Waals surface area contributed by atoms with E-state index in [4.69, 9.17) is 0 Å². The average Bonchev–Trinajstić information content (AvgIpc) is 3.40. The third kappa shape index (κ3) is 3.95. The van der Waals surface area contributed by atoms with E-state index in [2.05, 4.69) is 35.6 Å². The number of amides is 1. The highest BCUT2D eigenvalue weighted by molar-refractivity contribution is 5.95. The van der Waals surface area contributed by atoms with Gasteiger partial charge < -0.3 is 9.80 Å². The molecular weight excluding hydrogens is 394 g/mol. The van der Waals surface area contributed by atoms with Crippen LogP contribution in [0.5, 0.6) is 0 Å². The second kappa shape index (κ2) is 8.27. The van der Waals surface area contributed by atoms with Crippen molar-refractivity contribution in [2.75, 3.05) is 31.1 Å². The number of piperazine rings is 1. The van der Waals surface area contributed by atoms with Gasteiger partial charge >= 0.3 is 0 Å². The fourth-order valence-electron chi connectivity index (χ4n) is 3.53. The van der Waals surface area contributed by atoms with Crippen LogP contribution in [0.3, 0.4) is 0 Å². The van der Waals surface area contributed by atoms with E-state index in [-0.39, 0.29) is 5.91 Å². The molecule has 0 aliphatic carbocycles. The molecule has 0 saturated carbocycles. The predicted octanol–water partition coefficient (Wildman–Crippen LogP) is 1.48. The second-order valence-corrected chi connectivity index (χ2v) is 7.08. The van der Waals surface area contributed by atoms with Gasteiger partial charge in [-0.15, -0.1) is 15.3 Å². The van der Waals surface area contributed by atoms with Crippen LogP contribution in [-0.4, -0.2) is 72.4 Å². The Kier molecular flexibility index (Phi) is 5.01. The van der Waals surface area contributed by atoms with Crippen LogP contribution < -0.4 is 4.90 Å². The largest absolute Gasteiger partial charge is 0.352 e. The van der Waals surface area contributed by atoms with Crippen LogP contribution in [0.1, 0.15) is 10.4 Å². The molecule has 3 aromatic heterocycles. The van der Waals surface area contributed by atoms with Gasteiger partial charge in [-0.25, -0.2) is 4.68 Å². The molecule has 0 N–H and O–H groups in total. The highest BCUT2D eigenvalue weighted by Gasteiger charge is 2.23. The zero-order valence-corrected chi connectivity index (χ0v) is 16.6. The first-order valence-corrected chi connectivity index (χ1v) is 9.91. The Balaban J connectivity index is 1.23. The van der Waals surface area contributed by atoms with Crippen molar-refractivity contribution in [1.29, 1.82) is 0 Å². The molecule has 4 aromatic rings. The Morgan fingerprint density at radius 3 is 2.48 bits per heavy atom. The van der Waals surface area contributed by atoms with Crippen molar-refractivity contribution in [3.63, 3.8) is 0 Å². The third-order valence-electron chi connectivity index (χ3n) is 5.18. The Bertz CT molecular complexity index is 1160. The van der Waals surface area contributed by atoms with Gasteiger partial charge in [-0.2, -0.15) is 0 Å². The number of carbonyl (C=O) groups excluding carboxylic acids is 1. The van der Waals surface area contributed by atoms with Crippen molar-refractivity contribution >= 4 is 11.7 Å². The first kappa shape index (κ1) is 18.8. The number of tetrazole rings is 1. The van der Waals surface area contributed by atoms with Gasteiger partial charge in [0.1, 0.15) is 12.0 Å². The maximum atomic E-state index is 13.0. The van der Waals surface area contributed by atoms with Crippen LogP contribution >= 0.6 is 0 Å². The first-order valence-electron chi connectivity index (χ1n) is 9.91. The predicted molar refractivity (Wildman–Crippen MR) is 113 cm³/mol. The molecule has 5 rings (SSSR count). The number of hydrogen-bond donors (Lipinski definition) is 0. The molecule has 10 nitrogen and oxygen atoms in total. The lowest BCUT2D eigenvalue weighted by Gasteiger charge is -2.35. The van der Waals surface area contributed by atoms with Gasteiger partial charge in [-0.1, -0.05) is 12.1 Å². The lowest BCUT2D eigenvalue weighted by atomic mass is 10.1. The van der Waals surface area contributed by atoms with Crippen molar-refractivity contribution in [3.8, 4) is 17.1 Å². The number of nitrogens with zero attached hydrogens (tertiary/aromatic N) is 9. The Morgan fingerprint density at radius 2 is 1.77 bits per heavy atom. The molecule has 0 radical (unpaired) electrons. The quantitative estimate of drug-likeness (QED) is 0.495. The summed E-state index contributed by atoms with van der Waals surface area (Å²) in [5, 5.41) is 19.8. The van der Waals surface area contributed by atoms with E-state index in [1.165, 1.54) is 11.0 Å². The number of anilines is 1. The van der Waals surface area contributed by atoms with Crippen molar-refractivity contribution in [2.45, 2.75) is 0 Å². The Morgan fingerprint density at radius 1 is 0.871 bits per heavy atom. The SMILES string of the molecule is O=C(c1cccc(-n2cnnn2)c1)N1CCN(c2ccc(-c3ccccn3)nn2)CC1. The molecule has 0 unspecified atom stereocenters. The van der Waals surface area contributed by atoms with E-state index >= 15 is 0 Å². The highest BCUT2D eigenvalue weighted by Crippen LogP contribution is 2.19. The fraction of sp³-hybridized carbons (Fsp3) is 0.190. The number of benzene rings is 1. The summed E-state index contributed by atoms with van der Waals surface area (Å²) in [6.07, 6.45) is 3.24. The van der Waals surface area contributed by atoms with Crippen LogP contribution in [0.2, 0.25) is 0 Å². The van der Waals surface area contributed by atoms with Crippen LogP contribution in [0.15, 0.2) is 67.1 Å². The normalized spacial score (nSPS) is 13.9. The van der Waals surface area contributed by atoms with E-state index in [0.717, 1.165) is 22.9 Å². The molecule has 154 valence electrons. The van der Waals surface area contributed by atoms with E-state index in [0.29, 0.717) is 31.7 Å². The number of pyridine rings is 1. The molecule has 0 bridgehead atoms. The number of hydrogen-bond acceptors (Lipinski definition) is 8. The number of rotatable bonds is 4. The van der Waals surface area contributed by atoms with Crippen molar-refractivity contribution in [3.05, 3.63) is 72.7 Å². The summed E-state index contributed by atoms with van der Waals surface area (Å²) in [7, 11) is 0. The van der Waals surface area contributed by atoms with Gasteiger partial charge in [0.25, 0.3) is 5.91 Å². The maximum Gasteiger partial charge on any atom is 0.254 e. The number of aromatic nitrogens is 7. The summed E-state index contributed by atoms with van der Waals surface area (Å²) >= 11 is 0. The molecule has 4 heterocycles. The van der Waals surface area contributed by atoms with E-state index in [1.807, 2.05) is 53.4 Å². The molecule has 0 atom stereocenters. The van der Waals surface area contributed by atoms with Crippen LogP contribution in [-0.2, 0) is 0 Å². The van der Waals surface area contributed by atoms with Gasteiger partial charge in [0.05, 0.1) is 11.4 Å². The third-order valence-corrected chi connectivity index (χ3v) is 5.18. The topological polar surface area (TPSA) is 106 Å². The molecule has 1 aliphatic heterocycles. The maximum absolute atomic E-state index is 13.0. The number of carbonyl (C=O) groups is 1. The van der Waals surface area contributed by atoms with Crippen LogP contribution in [0, 0.1) is 0 Å². The standard InChI is InChI=1S/C21H19N9O/c31-21(16-4-3-5-17(14-16)30-15-23-26-27-30)29-12-10-28(11-13-29)20-8-7-19(24-25-20)18-6-1-2-9-22-18/h1-9,14-15H,10-13H2. The van der Waals surface area contributed by atoms with Gasteiger partial charge in [-0.3, -0.25) is 9.78 Å². The second-order valence-electron chi connectivity index (χ2n) is 7.08. The zero-order chi connectivity index (χ0) is 21.0. The van der Waals surface area contributed by atoms with E-state index < -0.39 is 0 Å². The average molecular weight is 413 g/mol. The molecule has 10 heteroatoms. The van der Waals surface area contributed by atoms with Crippen molar-refractivity contribution in [1.82, 2.24) is 40.3 Å². The molecule has 1 amide bonds. The fourth-order valence-corrected chi connectivity index (χ4v) is 3.53. The van der Waals surface area contributed by atoms with Crippen LogP contribution in [0.25, 0.3) is 17.1 Å². The minimum atomic E-state index is -0.00819. The van der Waals surface area contributed by atoms with Crippen molar-refractivity contribution < 1.29 is 4.79 Å². The lowest BCUT2D eigenvalue weighted by molar-refractivity contribution is 0.0746. The molecule has 1 saturated heterocycles. The highest BCUT2D eigenvalue weighted by atomic mass is 16.2. The Hall–Kier alpha value is -4.21. The van der Waals surface area contributed by atoms with Gasteiger partial charge in [0.15, 0.2) is 5.82 Å². The summed E-state index contributed by atoms with van der Waals surface area (Å²) < 4.78 is 1.53. The van der Waals surface area contributed by atoms with Gasteiger partial charge in [-0.05, 0) is 52.9 Å². The van der Waals surface area contributed by atoms with Crippen molar-refractivity contribution in [2.24, 2.45) is 0 Å². The monoisotopic (exact) mass is 413 g/mol. The smallest absolute Gasteiger partial charge is 0.254 e. The Labute approximate surface area is 178 Å². The summed E-state index contributed by atoms with van der Waals surface area (Å²) in [6.45, 7) is 2.60. The zero-order valence-electron chi connectivity index (χ0n) is 16.6. The summed E-state index contributed by atoms with van der Waals surface area (Å²) in [4.78, 5) is 21.3. The molecule has 31 heavy (non-hydrogen) atoms. The summed E-state index contributed by atoms with van der Waals surface area (Å²) in [5.74, 6) is 0.790. The summed E-state index contributed by atoms with van der Waals surface area (Å²) in [5.41, 5.74) is 2.89. The molecule has 1 aliphatic rings. The van der Waals surface area contributed by atoms with Gasteiger partial charge in [0, 0.05) is 37.9 Å². The molecule has 1 fully saturated rings. The molecular formula is C21H19N9O. The minimum Gasteiger partial charge on any atom is -0.352 e. The van der Waals surface area contributed by atoms with E-state index in [9.17, 15) is 4.79 Å². The minimum absolute atomic E-state index is 0.00819. The van der Waals surface area contributed by atoms with Crippen LogP contribution in [0.4, 0.5) is 5.82 Å².